The second kappa shape index (κ2) is 10.7. The predicted octanol–water partition coefficient (Wildman–Crippen LogP) is 5.48. The molecule has 0 aliphatic carbocycles. The molecule has 2 rings (SSSR count). The van der Waals surface area contributed by atoms with Crippen molar-refractivity contribution in [3.63, 3.8) is 0 Å². The van der Waals surface area contributed by atoms with Crippen molar-refractivity contribution in [2.45, 2.75) is 44.4 Å². The van der Waals surface area contributed by atoms with Crippen molar-refractivity contribution in [3.8, 4) is 0 Å². The minimum absolute atomic E-state index is 0.280. The summed E-state index contributed by atoms with van der Waals surface area (Å²) in [5, 5.41) is 8.40. The zero-order chi connectivity index (χ0) is 18.8. The Kier molecular flexibility index (Phi) is 8.28. The average molecular weight is 374 g/mol. The molecule has 0 saturated carbocycles. The van der Waals surface area contributed by atoms with E-state index in [4.69, 9.17) is 0 Å². The maximum Gasteiger partial charge on any atom is 0.168 e. The van der Waals surface area contributed by atoms with Gasteiger partial charge in [-0.05, 0) is 61.4 Å². The first kappa shape index (κ1) is 20.1. The van der Waals surface area contributed by atoms with Crippen LogP contribution in [0.2, 0.25) is 0 Å². The Hall–Kier alpha value is -2.21. The molecule has 0 fully saturated rings. The fraction of sp³-hybridized carbons (Fsp3) is 0.400. The molecule has 5 nitrogen and oxygen atoms in total. The summed E-state index contributed by atoms with van der Waals surface area (Å²) in [6.45, 7) is 6.57. The third kappa shape index (κ3) is 6.26. The number of rotatable bonds is 10. The quantitative estimate of drug-likeness (QED) is 0.443. The summed E-state index contributed by atoms with van der Waals surface area (Å²) < 4.78 is 21.8. The van der Waals surface area contributed by atoms with E-state index < -0.39 is 10.7 Å². The van der Waals surface area contributed by atoms with Crippen molar-refractivity contribution >= 4 is 27.8 Å². The lowest BCUT2D eigenvalue weighted by atomic mass is 10.2. The topological polar surface area (TPSA) is 62.1 Å². The van der Waals surface area contributed by atoms with Crippen LogP contribution in [0.25, 0.3) is 0 Å². The van der Waals surface area contributed by atoms with Crippen LogP contribution >= 0.6 is 0 Å². The van der Waals surface area contributed by atoms with Crippen LogP contribution in [0.3, 0.4) is 0 Å². The Bertz CT molecular complexity index is 753. The predicted molar refractivity (Wildman–Crippen MR) is 108 cm³/mol. The lowest BCUT2D eigenvalue weighted by Crippen LogP contribution is -2.25. The summed E-state index contributed by atoms with van der Waals surface area (Å²) in [5.74, 6) is 0. The molecular weight excluding hydrogens is 346 g/mol. The van der Waals surface area contributed by atoms with E-state index in [1.807, 2.05) is 12.1 Å². The molecule has 0 unspecified atom stereocenters. The van der Waals surface area contributed by atoms with Crippen LogP contribution in [0.1, 0.15) is 39.5 Å². The number of anilines is 1. The highest BCUT2D eigenvalue weighted by molar-refractivity contribution is 7.72. The van der Waals surface area contributed by atoms with Gasteiger partial charge in [0.1, 0.15) is 0 Å². The van der Waals surface area contributed by atoms with Gasteiger partial charge in [0.15, 0.2) is 10.7 Å². The Morgan fingerprint density at radius 1 is 0.769 bits per heavy atom. The van der Waals surface area contributed by atoms with Gasteiger partial charge in [-0.2, -0.15) is 10.2 Å². The standard InChI is InChI=1S/C20H27N3O2S/c1-3-5-15-23(16-6-4-2)19-11-7-17(8-12-19)21-22-18-9-13-20(14-10-18)26(24)25/h7-14,26H,3-6,15-16H2,1-2H3/b22-21+. The number of hydrogen-bond acceptors (Lipinski definition) is 5. The van der Waals surface area contributed by atoms with E-state index in [2.05, 4.69) is 41.1 Å². The molecular formula is C20H27N3O2S. The van der Waals surface area contributed by atoms with Gasteiger partial charge in [-0.25, -0.2) is 8.42 Å². The molecule has 140 valence electrons. The maximum atomic E-state index is 10.9. The number of benzene rings is 2. The molecule has 2 aromatic rings. The van der Waals surface area contributed by atoms with Gasteiger partial charge < -0.3 is 4.90 Å². The monoisotopic (exact) mass is 373 g/mol. The Labute approximate surface area is 157 Å². The Balaban J connectivity index is 2.04. The first-order chi connectivity index (χ1) is 12.6. The van der Waals surface area contributed by atoms with Gasteiger partial charge >= 0.3 is 0 Å². The summed E-state index contributed by atoms with van der Waals surface area (Å²) in [7, 11) is -2.56. The first-order valence-electron chi connectivity index (χ1n) is 9.15. The molecule has 2 aromatic carbocycles. The van der Waals surface area contributed by atoms with E-state index in [1.165, 1.54) is 43.5 Å². The normalized spacial score (nSPS) is 11.3. The van der Waals surface area contributed by atoms with Gasteiger partial charge in [0.2, 0.25) is 0 Å². The lowest BCUT2D eigenvalue weighted by Gasteiger charge is -2.24. The highest BCUT2D eigenvalue weighted by Gasteiger charge is 2.05. The largest absolute Gasteiger partial charge is 0.372 e. The lowest BCUT2D eigenvalue weighted by molar-refractivity contribution is 0.614. The second-order valence-electron chi connectivity index (χ2n) is 6.18. The van der Waals surface area contributed by atoms with Crippen LogP contribution in [0.15, 0.2) is 63.7 Å². The van der Waals surface area contributed by atoms with E-state index in [0.29, 0.717) is 5.69 Å². The van der Waals surface area contributed by atoms with E-state index in [0.717, 1.165) is 18.8 Å². The first-order valence-corrected chi connectivity index (χ1v) is 10.3. The molecule has 0 atom stereocenters. The van der Waals surface area contributed by atoms with Crippen LogP contribution in [0, 0.1) is 0 Å². The number of azo groups is 1. The molecule has 0 aliphatic rings. The molecule has 0 spiro atoms. The fourth-order valence-corrected chi connectivity index (χ4v) is 2.95. The van der Waals surface area contributed by atoms with Gasteiger partial charge in [-0.3, -0.25) is 0 Å². The smallest absolute Gasteiger partial charge is 0.168 e. The molecule has 0 bridgehead atoms. The van der Waals surface area contributed by atoms with E-state index in [9.17, 15) is 8.42 Å². The van der Waals surface area contributed by atoms with E-state index in [-0.39, 0.29) is 4.90 Å². The average Bonchev–Trinajstić information content (AvgIpc) is 2.67. The molecule has 0 N–H and O–H groups in total. The highest BCUT2D eigenvalue weighted by Crippen LogP contribution is 2.23. The number of nitrogens with zero attached hydrogens (tertiary/aromatic N) is 3. The van der Waals surface area contributed by atoms with Crippen LogP contribution < -0.4 is 4.90 Å². The van der Waals surface area contributed by atoms with Crippen molar-refractivity contribution < 1.29 is 8.42 Å². The van der Waals surface area contributed by atoms with Gasteiger partial charge in [-0.15, -0.1) is 0 Å². The van der Waals surface area contributed by atoms with Crippen molar-refractivity contribution in [1.29, 1.82) is 0 Å². The number of unbranched alkanes of at least 4 members (excludes halogenated alkanes) is 2. The van der Waals surface area contributed by atoms with Gasteiger partial charge in [0, 0.05) is 18.8 Å². The molecule has 6 heteroatoms. The summed E-state index contributed by atoms with van der Waals surface area (Å²) in [6, 6.07) is 14.5. The van der Waals surface area contributed by atoms with Crippen LogP contribution in [0.5, 0.6) is 0 Å². The van der Waals surface area contributed by atoms with Crippen molar-refractivity contribution in [1.82, 2.24) is 0 Å². The maximum absolute atomic E-state index is 10.9. The SMILES string of the molecule is CCCCN(CCCC)c1ccc(/N=N/c2ccc([SH](=O)=O)cc2)cc1. The molecule has 0 amide bonds. The Morgan fingerprint density at radius 2 is 1.23 bits per heavy atom. The van der Waals surface area contributed by atoms with Gasteiger partial charge in [0.25, 0.3) is 0 Å². The zero-order valence-electron chi connectivity index (χ0n) is 15.5. The van der Waals surface area contributed by atoms with Crippen molar-refractivity contribution in [2.75, 3.05) is 18.0 Å². The molecule has 0 aliphatic heterocycles. The van der Waals surface area contributed by atoms with Crippen LogP contribution in [-0.4, -0.2) is 21.5 Å². The van der Waals surface area contributed by atoms with Crippen molar-refractivity contribution in [2.24, 2.45) is 10.2 Å². The van der Waals surface area contributed by atoms with Gasteiger partial charge in [0.05, 0.1) is 16.3 Å². The third-order valence-corrected chi connectivity index (χ3v) is 4.84. The summed E-state index contributed by atoms with van der Waals surface area (Å²) >= 11 is 0. The molecule has 0 heterocycles. The van der Waals surface area contributed by atoms with E-state index in [1.54, 1.807) is 12.1 Å². The number of hydrogen-bond donors (Lipinski definition) is 1. The van der Waals surface area contributed by atoms with Crippen LogP contribution in [0.4, 0.5) is 17.1 Å². The summed E-state index contributed by atoms with van der Waals surface area (Å²) in [5.41, 5.74) is 2.62. The molecule has 0 aromatic heterocycles. The summed E-state index contributed by atoms with van der Waals surface area (Å²) in [4.78, 5) is 2.71. The highest BCUT2D eigenvalue weighted by atomic mass is 32.2. The van der Waals surface area contributed by atoms with E-state index >= 15 is 0 Å². The minimum atomic E-state index is -2.56. The minimum Gasteiger partial charge on any atom is -0.372 e. The molecule has 0 saturated heterocycles. The molecule has 26 heavy (non-hydrogen) atoms. The fourth-order valence-electron chi connectivity index (χ4n) is 2.55. The third-order valence-electron chi connectivity index (χ3n) is 4.12. The number of thiol groups is 1. The van der Waals surface area contributed by atoms with Crippen molar-refractivity contribution in [3.05, 3.63) is 48.5 Å². The van der Waals surface area contributed by atoms with Crippen LogP contribution in [-0.2, 0) is 10.7 Å². The zero-order valence-corrected chi connectivity index (χ0v) is 16.4. The molecule has 0 radical (unpaired) electrons. The van der Waals surface area contributed by atoms with Gasteiger partial charge in [-0.1, -0.05) is 26.7 Å². The summed E-state index contributed by atoms with van der Waals surface area (Å²) in [6.07, 6.45) is 4.76. The second-order valence-corrected chi connectivity index (χ2v) is 7.21. The Morgan fingerprint density at radius 3 is 1.65 bits per heavy atom.